The molecule has 0 spiro atoms. The molecule has 0 fully saturated rings. The Morgan fingerprint density at radius 2 is 2.18 bits per heavy atom. The molecule has 0 aromatic carbocycles. The highest BCUT2D eigenvalue weighted by atomic mass is 28.4. The Balaban J connectivity index is 2.73. The van der Waals surface area contributed by atoms with Gasteiger partial charge in [-0.3, -0.25) is 4.46 Å². The maximum atomic E-state index is 10.6. The molecule has 1 aromatic heterocycles. The van der Waals surface area contributed by atoms with Crippen LogP contribution in [0.4, 0.5) is 0 Å². The third-order valence-electron chi connectivity index (χ3n) is 0.842. The van der Waals surface area contributed by atoms with Gasteiger partial charge in [-0.1, -0.05) is 0 Å². The zero-order valence-electron chi connectivity index (χ0n) is 6.71. The minimum Gasteiger partial charge on any atom is -0.518 e. The Hall–Kier alpha value is -0.626. The predicted molar refractivity (Wildman–Crippen MR) is 41.4 cm³/mol. The van der Waals surface area contributed by atoms with E-state index in [2.05, 4.69) is 4.10 Å². The summed E-state index contributed by atoms with van der Waals surface area (Å²) in [5, 5.41) is 0. The summed E-state index contributed by atoms with van der Waals surface area (Å²) in [5.41, 5.74) is 0. The van der Waals surface area contributed by atoms with Gasteiger partial charge < -0.3 is 12.6 Å². The first kappa shape index (κ1) is 8.47. The fourth-order valence-electron chi connectivity index (χ4n) is 0.573. The van der Waals surface area contributed by atoms with Crippen molar-refractivity contribution in [3.05, 3.63) is 6.26 Å². The topological polar surface area (TPSA) is 52.6 Å². The van der Waals surface area contributed by atoms with Crippen LogP contribution in [0.2, 0.25) is 19.6 Å². The molecule has 4 nitrogen and oxygen atoms in total. The standard InChI is InChI=1S/C5H10O4Si2/c1-11(2,3)9-5-4-7-10(6)8-5/h4H,1-3H3. The molecule has 0 N–H and O–H groups in total. The summed E-state index contributed by atoms with van der Waals surface area (Å²) in [6.45, 7) is 6.02. The van der Waals surface area contributed by atoms with Crippen LogP contribution in [0.15, 0.2) is 14.5 Å². The zero-order chi connectivity index (χ0) is 8.48. The van der Waals surface area contributed by atoms with E-state index in [1.807, 2.05) is 19.6 Å². The molecule has 11 heavy (non-hydrogen) atoms. The van der Waals surface area contributed by atoms with E-state index in [4.69, 9.17) is 8.52 Å². The van der Waals surface area contributed by atoms with E-state index >= 15 is 0 Å². The third-order valence-corrected chi connectivity index (χ3v) is 2.33. The molecule has 0 aliphatic heterocycles. The molecule has 0 atom stereocenters. The molecule has 0 saturated heterocycles. The zero-order valence-corrected chi connectivity index (χ0v) is 8.71. The van der Waals surface area contributed by atoms with Crippen LogP contribution in [0.5, 0.6) is 5.95 Å². The molecule has 1 aromatic rings. The highest BCUT2D eigenvalue weighted by Crippen LogP contribution is 2.13. The molecule has 0 saturated carbocycles. The minimum absolute atomic E-state index is 0.257. The monoisotopic (exact) mass is 190 g/mol. The van der Waals surface area contributed by atoms with Crippen LogP contribution in [0, 0.1) is 0 Å². The van der Waals surface area contributed by atoms with Crippen molar-refractivity contribution in [2.24, 2.45) is 0 Å². The lowest BCUT2D eigenvalue weighted by Crippen LogP contribution is -2.28. The van der Waals surface area contributed by atoms with E-state index in [1.54, 1.807) is 0 Å². The van der Waals surface area contributed by atoms with Gasteiger partial charge in [0.05, 0.1) is 0 Å². The summed E-state index contributed by atoms with van der Waals surface area (Å²) in [6, 6.07) is 0. The molecule has 0 aliphatic carbocycles. The van der Waals surface area contributed by atoms with Crippen LogP contribution in [0.1, 0.15) is 0 Å². The van der Waals surface area contributed by atoms with Gasteiger partial charge in [0.15, 0.2) is 6.26 Å². The summed E-state index contributed by atoms with van der Waals surface area (Å²) < 4.78 is 25.2. The van der Waals surface area contributed by atoms with Crippen molar-refractivity contribution in [2.75, 3.05) is 0 Å². The molecular formula is C5H10O4Si2. The molecule has 6 heteroatoms. The fraction of sp³-hybridized carbons (Fsp3) is 0.600. The normalized spacial score (nSPS) is 11.5. The third kappa shape index (κ3) is 2.85. The summed E-state index contributed by atoms with van der Waals surface area (Å²) >= 11 is 0. The average molecular weight is 190 g/mol. The van der Waals surface area contributed by atoms with E-state index in [9.17, 15) is 4.46 Å². The minimum atomic E-state index is -2.32. The van der Waals surface area contributed by atoms with E-state index in [-0.39, 0.29) is 5.95 Å². The quantitative estimate of drug-likeness (QED) is 0.664. The lowest BCUT2D eigenvalue weighted by molar-refractivity contribution is 0.400. The molecule has 0 radical (unpaired) electrons. The highest BCUT2D eigenvalue weighted by molar-refractivity contribution is 6.70. The Bertz CT molecular complexity index is 281. The predicted octanol–water partition coefficient (Wildman–Crippen LogP) is 1.59. The molecule has 62 valence electrons. The maximum absolute atomic E-state index is 10.6. The van der Waals surface area contributed by atoms with Gasteiger partial charge in [0, 0.05) is 0 Å². The molecule has 0 amide bonds. The van der Waals surface area contributed by atoms with Crippen molar-refractivity contribution in [1.82, 2.24) is 0 Å². The van der Waals surface area contributed by atoms with Gasteiger partial charge in [-0.25, -0.2) is 0 Å². The van der Waals surface area contributed by atoms with Crippen LogP contribution >= 0.6 is 0 Å². The van der Waals surface area contributed by atoms with E-state index < -0.39 is 17.1 Å². The van der Waals surface area contributed by atoms with Crippen molar-refractivity contribution in [3.8, 4) is 5.95 Å². The van der Waals surface area contributed by atoms with Gasteiger partial charge in [-0.05, 0) is 19.6 Å². The van der Waals surface area contributed by atoms with Crippen molar-refractivity contribution in [2.45, 2.75) is 19.6 Å². The second-order valence-electron chi connectivity index (χ2n) is 3.12. The van der Waals surface area contributed by atoms with Gasteiger partial charge in [0.2, 0.25) is 8.32 Å². The van der Waals surface area contributed by atoms with Crippen LogP contribution in [0.25, 0.3) is 0 Å². The Morgan fingerprint density at radius 1 is 1.55 bits per heavy atom. The Morgan fingerprint density at radius 3 is 2.55 bits per heavy atom. The first-order chi connectivity index (χ1) is 4.97. The molecule has 0 aliphatic rings. The van der Waals surface area contributed by atoms with Crippen LogP contribution in [-0.4, -0.2) is 17.1 Å². The maximum Gasteiger partial charge on any atom is 0.780 e. The number of rotatable bonds is 2. The van der Waals surface area contributed by atoms with E-state index in [0.29, 0.717) is 0 Å². The van der Waals surface area contributed by atoms with Crippen molar-refractivity contribution in [1.29, 1.82) is 0 Å². The van der Waals surface area contributed by atoms with Gasteiger partial charge in [0.25, 0.3) is 5.95 Å². The second-order valence-corrected chi connectivity index (χ2v) is 8.49. The highest BCUT2D eigenvalue weighted by Gasteiger charge is 2.18. The molecule has 1 rings (SSSR count). The van der Waals surface area contributed by atoms with Crippen molar-refractivity contribution in [3.63, 3.8) is 0 Å². The SMILES string of the molecule is C[Si](C)(C)Oc1co[si](=O)o1. The smallest absolute Gasteiger partial charge is 0.518 e. The summed E-state index contributed by atoms with van der Waals surface area (Å²) in [7, 11) is -3.97. The lowest BCUT2D eigenvalue weighted by atomic mass is 11.0. The Labute approximate surface area is 66.8 Å². The van der Waals surface area contributed by atoms with Gasteiger partial charge >= 0.3 is 8.80 Å². The Kier molecular flexibility index (Phi) is 2.14. The largest absolute Gasteiger partial charge is 0.780 e. The fourth-order valence-corrected chi connectivity index (χ4v) is 1.84. The molecule has 0 bridgehead atoms. The first-order valence-corrected chi connectivity index (χ1v) is 7.88. The summed E-state index contributed by atoms with van der Waals surface area (Å²) in [4.78, 5) is 0. The van der Waals surface area contributed by atoms with Gasteiger partial charge in [-0.2, -0.15) is 0 Å². The molecule has 0 unspecified atom stereocenters. The van der Waals surface area contributed by atoms with E-state index in [0.717, 1.165) is 0 Å². The molecule has 1 heterocycles. The summed E-state index contributed by atoms with van der Waals surface area (Å²) in [6.07, 6.45) is 1.26. The van der Waals surface area contributed by atoms with Crippen molar-refractivity contribution >= 4 is 17.1 Å². The van der Waals surface area contributed by atoms with Gasteiger partial charge in [0.1, 0.15) is 0 Å². The molecular weight excluding hydrogens is 180 g/mol. The van der Waals surface area contributed by atoms with Gasteiger partial charge in [-0.15, -0.1) is 0 Å². The van der Waals surface area contributed by atoms with Crippen LogP contribution in [0.3, 0.4) is 0 Å². The number of hydrogen-bond donors (Lipinski definition) is 0. The van der Waals surface area contributed by atoms with Crippen molar-refractivity contribution < 1.29 is 17.1 Å². The number of hydrogen-bond acceptors (Lipinski definition) is 4. The van der Waals surface area contributed by atoms with Crippen LogP contribution < -0.4 is 4.43 Å². The lowest BCUT2D eigenvalue weighted by Gasteiger charge is -2.14. The average Bonchev–Trinajstić information content (AvgIpc) is 2.10. The van der Waals surface area contributed by atoms with Crippen LogP contribution in [-0.2, 0) is 4.46 Å². The first-order valence-electron chi connectivity index (χ1n) is 3.25. The van der Waals surface area contributed by atoms with E-state index in [1.165, 1.54) is 6.26 Å². The summed E-state index contributed by atoms with van der Waals surface area (Å²) in [5.74, 6) is 0.257. The second kappa shape index (κ2) is 2.78.